The zero-order chi connectivity index (χ0) is 16.3. The van der Waals surface area contributed by atoms with Crippen LogP contribution in [0, 0.1) is 24.0 Å². The SMILES string of the molecule is Cc1ccc(NC(=S)Nc2ccc(N)c([N+](=O)[O-])c2)cc1C. The number of hydrogen-bond acceptors (Lipinski definition) is 4. The molecule has 4 N–H and O–H groups in total. The van der Waals surface area contributed by atoms with Crippen molar-refractivity contribution in [2.45, 2.75) is 13.8 Å². The number of nitro groups is 1. The van der Waals surface area contributed by atoms with E-state index in [2.05, 4.69) is 10.6 Å². The molecule has 2 aromatic carbocycles. The molecule has 0 aromatic heterocycles. The molecule has 2 rings (SSSR count). The van der Waals surface area contributed by atoms with Crippen molar-refractivity contribution in [2.75, 3.05) is 16.4 Å². The van der Waals surface area contributed by atoms with E-state index >= 15 is 0 Å². The predicted molar refractivity (Wildman–Crippen MR) is 93.3 cm³/mol. The summed E-state index contributed by atoms with van der Waals surface area (Å²) in [7, 11) is 0. The van der Waals surface area contributed by atoms with E-state index in [-0.39, 0.29) is 11.4 Å². The first-order valence-electron chi connectivity index (χ1n) is 6.56. The predicted octanol–water partition coefficient (Wildman–Crippen LogP) is 3.60. The van der Waals surface area contributed by atoms with Crippen molar-refractivity contribution >= 4 is 40.1 Å². The Balaban J connectivity index is 2.10. The number of benzene rings is 2. The molecule has 0 atom stereocenters. The van der Waals surface area contributed by atoms with Gasteiger partial charge >= 0.3 is 0 Å². The number of nitrogen functional groups attached to an aromatic ring is 1. The molecule has 0 saturated carbocycles. The molecule has 0 aliphatic rings. The van der Waals surface area contributed by atoms with Gasteiger partial charge in [0.05, 0.1) is 4.92 Å². The van der Waals surface area contributed by atoms with Crippen LogP contribution >= 0.6 is 12.2 Å². The van der Waals surface area contributed by atoms with Crippen molar-refractivity contribution in [3.63, 3.8) is 0 Å². The molecule has 6 nitrogen and oxygen atoms in total. The lowest BCUT2D eigenvalue weighted by Crippen LogP contribution is -2.19. The second-order valence-corrected chi connectivity index (χ2v) is 5.32. The van der Waals surface area contributed by atoms with E-state index in [9.17, 15) is 10.1 Å². The third kappa shape index (κ3) is 3.70. The van der Waals surface area contributed by atoms with Gasteiger partial charge in [0.1, 0.15) is 5.69 Å². The maximum absolute atomic E-state index is 10.9. The van der Waals surface area contributed by atoms with Crippen LogP contribution in [-0.4, -0.2) is 10.0 Å². The van der Waals surface area contributed by atoms with E-state index in [1.807, 2.05) is 32.0 Å². The highest BCUT2D eigenvalue weighted by Crippen LogP contribution is 2.25. The molecule has 0 saturated heterocycles. The number of hydrogen-bond donors (Lipinski definition) is 3. The maximum Gasteiger partial charge on any atom is 0.294 e. The molecule has 2 aromatic rings. The van der Waals surface area contributed by atoms with Gasteiger partial charge in [-0.05, 0) is 61.5 Å². The summed E-state index contributed by atoms with van der Waals surface area (Å²) >= 11 is 5.21. The molecule has 114 valence electrons. The van der Waals surface area contributed by atoms with Gasteiger partial charge in [-0.25, -0.2) is 0 Å². The Morgan fingerprint density at radius 2 is 1.68 bits per heavy atom. The van der Waals surface area contributed by atoms with Gasteiger partial charge in [0.2, 0.25) is 0 Å². The van der Waals surface area contributed by atoms with Crippen LogP contribution < -0.4 is 16.4 Å². The zero-order valence-corrected chi connectivity index (χ0v) is 13.0. The van der Waals surface area contributed by atoms with E-state index in [1.165, 1.54) is 17.7 Å². The molecule has 0 spiro atoms. The molecule has 0 fully saturated rings. The minimum Gasteiger partial charge on any atom is -0.393 e. The lowest BCUT2D eigenvalue weighted by molar-refractivity contribution is -0.383. The zero-order valence-electron chi connectivity index (χ0n) is 12.2. The topological polar surface area (TPSA) is 93.2 Å². The quantitative estimate of drug-likeness (QED) is 0.347. The monoisotopic (exact) mass is 316 g/mol. The molecular formula is C15H16N4O2S. The van der Waals surface area contributed by atoms with Crippen molar-refractivity contribution in [3.8, 4) is 0 Å². The van der Waals surface area contributed by atoms with Crippen molar-refractivity contribution < 1.29 is 4.92 Å². The summed E-state index contributed by atoms with van der Waals surface area (Å²) in [5, 5.41) is 17.2. The van der Waals surface area contributed by atoms with Crippen LogP contribution in [0.2, 0.25) is 0 Å². The number of nitro benzene ring substituents is 1. The minimum atomic E-state index is -0.527. The molecule has 0 aliphatic carbocycles. The Morgan fingerprint density at radius 1 is 1.09 bits per heavy atom. The van der Waals surface area contributed by atoms with E-state index < -0.39 is 4.92 Å². The van der Waals surface area contributed by atoms with Crippen molar-refractivity contribution in [1.29, 1.82) is 0 Å². The molecule has 0 amide bonds. The summed E-state index contributed by atoms with van der Waals surface area (Å²) in [5.74, 6) is 0. The first-order valence-corrected chi connectivity index (χ1v) is 6.97. The fourth-order valence-corrected chi connectivity index (χ4v) is 2.13. The van der Waals surface area contributed by atoms with Gasteiger partial charge in [0, 0.05) is 17.4 Å². The van der Waals surface area contributed by atoms with E-state index in [1.54, 1.807) is 6.07 Å². The van der Waals surface area contributed by atoms with Gasteiger partial charge in [0.15, 0.2) is 5.11 Å². The fraction of sp³-hybridized carbons (Fsp3) is 0.133. The Hall–Kier alpha value is -2.67. The highest BCUT2D eigenvalue weighted by atomic mass is 32.1. The number of aryl methyl sites for hydroxylation is 2. The molecule has 0 aliphatic heterocycles. The van der Waals surface area contributed by atoms with Crippen LogP contribution in [0.3, 0.4) is 0 Å². The van der Waals surface area contributed by atoms with Crippen LogP contribution in [0.15, 0.2) is 36.4 Å². The standard InChI is InChI=1S/C15H16N4O2S/c1-9-3-4-11(7-10(9)2)17-15(22)18-12-5-6-13(16)14(8-12)19(20)21/h3-8H,16H2,1-2H3,(H2,17,18,22). The van der Waals surface area contributed by atoms with Crippen LogP contribution in [0.4, 0.5) is 22.7 Å². The third-order valence-electron chi connectivity index (χ3n) is 3.25. The number of rotatable bonds is 3. The molecular weight excluding hydrogens is 300 g/mol. The number of anilines is 3. The molecule has 22 heavy (non-hydrogen) atoms. The van der Waals surface area contributed by atoms with Gasteiger partial charge in [-0.1, -0.05) is 6.07 Å². The summed E-state index contributed by atoms with van der Waals surface area (Å²) in [6.07, 6.45) is 0. The number of nitrogens with two attached hydrogens (primary N) is 1. The van der Waals surface area contributed by atoms with Crippen molar-refractivity contribution in [1.82, 2.24) is 0 Å². The number of nitrogens with one attached hydrogen (secondary N) is 2. The lowest BCUT2D eigenvalue weighted by atomic mass is 10.1. The Bertz CT molecular complexity index is 746. The Labute approximate surface area is 133 Å². The highest BCUT2D eigenvalue weighted by Gasteiger charge is 2.12. The van der Waals surface area contributed by atoms with Crippen molar-refractivity contribution in [3.05, 3.63) is 57.6 Å². The van der Waals surface area contributed by atoms with Gasteiger partial charge in [-0.2, -0.15) is 0 Å². The highest BCUT2D eigenvalue weighted by molar-refractivity contribution is 7.80. The lowest BCUT2D eigenvalue weighted by Gasteiger charge is -2.12. The number of nitrogens with zero attached hydrogens (tertiary/aromatic N) is 1. The summed E-state index contributed by atoms with van der Waals surface area (Å²) in [6.45, 7) is 4.05. The van der Waals surface area contributed by atoms with E-state index in [4.69, 9.17) is 18.0 Å². The van der Waals surface area contributed by atoms with E-state index in [0.29, 0.717) is 10.8 Å². The number of thiocarbonyl (C=S) groups is 1. The summed E-state index contributed by atoms with van der Waals surface area (Å²) in [6, 6.07) is 10.4. The van der Waals surface area contributed by atoms with Crippen LogP contribution in [-0.2, 0) is 0 Å². The van der Waals surface area contributed by atoms with Crippen LogP contribution in [0.25, 0.3) is 0 Å². The first-order chi connectivity index (χ1) is 10.4. The fourth-order valence-electron chi connectivity index (χ4n) is 1.89. The minimum absolute atomic E-state index is 0.114. The Kier molecular flexibility index (Phi) is 4.57. The molecule has 0 radical (unpaired) electrons. The average molecular weight is 316 g/mol. The third-order valence-corrected chi connectivity index (χ3v) is 3.45. The largest absolute Gasteiger partial charge is 0.393 e. The molecule has 0 bridgehead atoms. The van der Waals surface area contributed by atoms with E-state index in [0.717, 1.165) is 11.3 Å². The van der Waals surface area contributed by atoms with Crippen LogP contribution in [0.1, 0.15) is 11.1 Å². The molecule has 0 heterocycles. The first kappa shape index (κ1) is 15.7. The molecule has 7 heteroatoms. The smallest absolute Gasteiger partial charge is 0.294 e. The molecule has 0 unspecified atom stereocenters. The van der Waals surface area contributed by atoms with Gasteiger partial charge < -0.3 is 16.4 Å². The van der Waals surface area contributed by atoms with Gasteiger partial charge in [-0.3, -0.25) is 10.1 Å². The summed E-state index contributed by atoms with van der Waals surface area (Å²) < 4.78 is 0. The second kappa shape index (κ2) is 6.40. The van der Waals surface area contributed by atoms with Crippen molar-refractivity contribution in [2.24, 2.45) is 0 Å². The van der Waals surface area contributed by atoms with Gasteiger partial charge in [0.25, 0.3) is 5.69 Å². The summed E-state index contributed by atoms with van der Waals surface area (Å²) in [5.41, 5.74) is 9.21. The summed E-state index contributed by atoms with van der Waals surface area (Å²) in [4.78, 5) is 10.3. The second-order valence-electron chi connectivity index (χ2n) is 4.91. The average Bonchev–Trinajstić information content (AvgIpc) is 2.44. The van der Waals surface area contributed by atoms with Crippen LogP contribution in [0.5, 0.6) is 0 Å². The Morgan fingerprint density at radius 3 is 2.27 bits per heavy atom. The van der Waals surface area contributed by atoms with Gasteiger partial charge in [-0.15, -0.1) is 0 Å². The maximum atomic E-state index is 10.9. The normalized spacial score (nSPS) is 10.1.